The van der Waals surface area contributed by atoms with Crippen molar-refractivity contribution in [1.82, 2.24) is 0 Å². The fourth-order valence-electron chi connectivity index (χ4n) is 2.50. The van der Waals surface area contributed by atoms with Crippen molar-refractivity contribution in [2.24, 2.45) is 4.99 Å². The second-order valence-corrected chi connectivity index (χ2v) is 5.81. The van der Waals surface area contributed by atoms with Crippen LogP contribution in [0.5, 0.6) is 0 Å². The zero-order valence-corrected chi connectivity index (χ0v) is 13.0. The van der Waals surface area contributed by atoms with Crippen LogP contribution < -0.4 is 4.90 Å². The van der Waals surface area contributed by atoms with Crippen LogP contribution in [0.15, 0.2) is 58.0 Å². The second kappa shape index (κ2) is 6.11. The van der Waals surface area contributed by atoms with Gasteiger partial charge in [-0.2, -0.15) is 5.26 Å². The third-order valence-corrected chi connectivity index (χ3v) is 3.98. The first-order valence-corrected chi connectivity index (χ1v) is 7.67. The predicted molar refractivity (Wildman–Crippen MR) is 89.0 cm³/mol. The lowest BCUT2D eigenvalue weighted by Crippen LogP contribution is -2.23. The van der Waals surface area contributed by atoms with E-state index < -0.39 is 0 Å². The van der Waals surface area contributed by atoms with E-state index in [-0.39, 0.29) is 0 Å². The highest BCUT2D eigenvalue weighted by Gasteiger charge is 2.20. The number of anilines is 1. The Hall–Kier alpha value is -2.12. The number of benzene rings is 2. The van der Waals surface area contributed by atoms with Gasteiger partial charge in [-0.05, 0) is 36.8 Å². The van der Waals surface area contributed by atoms with Crippen molar-refractivity contribution in [3.8, 4) is 6.07 Å². The molecule has 0 aliphatic carbocycles. The largest absolute Gasteiger partial charge is 0.330 e. The Kier molecular flexibility index (Phi) is 4.03. The Labute approximate surface area is 132 Å². The third kappa shape index (κ3) is 2.98. The Morgan fingerprint density at radius 3 is 2.71 bits per heavy atom. The molecule has 0 spiro atoms. The van der Waals surface area contributed by atoms with Gasteiger partial charge in [-0.3, -0.25) is 0 Å². The molecule has 0 atom stereocenters. The van der Waals surface area contributed by atoms with Gasteiger partial charge in [0, 0.05) is 23.1 Å². The number of rotatable bonds is 2. The van der Waals surface area contributed by atoms with Crippen molar-refractivity contribution in [3.63, 3.8) is 0 Å². The van der Waals surface area contributed by atoms with Gasteiger partial charge >= 0.3 is 0 Å². The summed E-state index contributed by atoms with van der Waals surface area (Å²) in [5.41, 5.74) is 2.49. The summed E-state index contributed by atoms with van der Waals surface area (Å²) < 4.78 is 0.898. The number of aliphatic imine (C=N–C) groups is 1. The molecule has 1 aliphatic rings. The molecule has 0 radical (unpaired) electrons. The van der Waals surface area contributed by atoms with Gasteiger partial charge in [0.1, 0.15) is 11.9 Å². The lowest BCUT2D eigenvalue weighted by Gasteiger charge is -2.19. The average Bonchev–Trinajstić information content (AvgIpc) is 2.98. The molecular weight excluding hydrogens is 326 g/mol. The number of hydrogen-bond acceptors (Lipinski definition) is 2. The highest BCUT2D eigenvalue weighted by atomic mass is 79.9. The van der Waals surface area contributed by atoms with Crippen LogP contribution in [0.25, 0.3) is 0 Å². The van der Waals surface area contributed by atoms with Crippen LogP contribution in [-0.2, 0) is 0 Å². The van der Waals surface area contributed by atoms with Crippen molar-refractivity contribution in [2.45, 2.75) is 12.8 Å². The number of amidine groups is 1. The van der Waals surface area contributed by atoms with Gasteiger partial charge in [0.25, 0.3) is 0 Å². The fourth-order valence-corrected chi connectivity index (χ4v) is 2.86. The summed E-state index contributed by atoms with van der Waals surface area (Å²) in [5.74, 6) is 1.03. The van der Waals surface area contributed by atoms with Crippen molar-refractivity contribution in [3.05, 3.63) is 58.6 Å². The van der Waals surface area contributed by atoms with Crippen molar-refractivity contribution >= 4 is 33.1 Å². The van der Waals surface area contributed by atoms with Gasteiger partial charge in [-0.1, -0.05) is 34.1 Å². The fraction of sp³-hybridized carbons (Fsp3) is 0.176. The van der Waals surface area contributed by atoms with Gasteiger partial charge in [0.15, 0.2) is 0 Å². The van der Waals surface area contributed by atoms with Crippen molar-refractivity contribution < 1.29 is 0 Å². The zero-order chi connectivity index (χ0) is 14.7. The molecule has 1 heterocycles. The Bertz CT molecular complexity index is 717. The van der Waals surface area contributed by atoms with Gasteiger partial charge in [0.05, 0.1) is 11.3 Å². The van der Waals surface area contributed by atoms with Crippen LogP contribution >= 0.6 is 15.9 Å². The van der Waals surface area contributed by atoms with Crippen molar-refractivity contribution in [1.29, 1.82) is 5.26 Å². The summed E-state index contributed by atoms with van der Waals surface area (Å²) >= 11 is 3.39. The molecule has 1 saturated heterocycles. The van der Waals surface area contributed by atoms with Crippen LogP contribution in [0.2, 0.25) is 0 Å². The second-order valence-electron chi connectivity index (χ2n) is 4.89. The maximum atomic E-state index is 9.25. The number of nitrogens with zero attached hydrogens (tertiary/aromatic N) is 3. The molecule has 0 N–H and O–H groups in total. The predicted octanol–water partition coefficient (Wildman–Crippen LogP) is 4.65. The van der Waals surface area contributed by atoms with Crippen LogP contribution in [0, 0.1) is 11.3 Å². The SMILES string of the molecule is N#Cc1cc(Br)ccc1N=C1CCCN1c1ccccc1. The lowest BCUT2D eigenvalue weighted by molar-refractivity contribution is 0.956. The first-order chi connectivity index (χ1) is 10.3. The molecule has 2 aromatic carbocycles. The summed E-state index contributed by atoms with van der Waals surface area (Å²) in [6.45, 7) is 0.973. The molecule has 2 aromatic rings. The smallest absolute Gasteiger partial charge is 0.109 e. The van der Waals surface area contributed by atoms with E-state index in [1.54, 1.807) is 6.07 Å². The van der Waals surface area contributed by atoms with Crippen molar-refractivity contribution in [2.75, 3.05) is 11.4 Å². The molecule has 3 rings (SSSR count). The van der Waals surface area contributed by atoms with Gasteiger partial charge in [0.2, 0.25) is 0 Å². The maximum absolute atomic E-state index is 9.25. The lowest BCUT2D eigenvalue weighted by atomic mass is 10.2. The highest BCUT2D eigenvalue weighted by molar-refractivity contribution is 9.10. The number of para-hydroxylation sites is 1. The molecule has 3 nitrogen and oxygen atoms in total. The molecule has 0 bridgehead atoms. The minimum atomic E-state index is 0.594. The quantitative estimate of drug-likeness (QED) is 0.798. The molecule has 0 aromatic heterocycles. The number of hydrogen-bond donors (Lipinski definition) is 0. The molecule has 1 aliphatic heterocycles. The molecule has 1 fully saturated rings. The van der Waals surface area contributed by atoms with E-state index in [0.29, 0.717) is 5.56 Å². The highest BCUT2D eigenvalue weighted by Crippen LogP contribution is 2.27. The Balaban J connectivity index is 1.98. The zero-order valence-electron chi connectivity index (χ0n) is 11.5. The molecular formula is C17H14BrN3. The first-order valence-electron chi connectivity index (χ1n) is 6.88. The standard InChI is InChI=1S/C17H14BrN3/c18-14-8-9-16(13(11-14)12-19)20-17-7-4-10-21(17)15-5-2-1-3-6-15/h1-3,5-6,8-9,11H,4,7,10H2. The van der Waals surface area contributed by atoms with Gasteiger partial charge < -0.3 is 4.90 Å². The first kappa shape index (κ1) is 13.8. The van der Waals surface area contributed by atoms with E-state index in [2.05, 4.69) is 39.0 Å². The Morgan fingerprint density at radius 2 is 1.95 bits per heavy atom. The number of halogens is 1. The monoisotopic (exact) mass is 339 g/mol. The minimum Gasteiger partial charge on any atom is -0.330 e. The maximum Gasteiger partial charge on any atom is 0.109 e. The molecule has 0 saturated carbocycles. The summed E-state index contributed by atoms with van der Waals surface area (Å²) in [6.07, 6.45) is 2.03. The minimum absolute atomic E-state index is 0.594. The van der Waals surface area contributed by atoms with E-state index in [0.717, 1.165) is 41.1 Å². The van der Waals surface area contributed by atoms with Gasteiger partial charge in [-0.25, -0.2) is 4.99 Å². The van der Waals surface area contributed by atoms with E-state index in [4.69, 9.17) is 4.99 Å². The van der Waals surface area contributed by atoms with E-state index in [9.17, 15) is 5.26 Å². The molecule has 104 valence electrons. The number of nitriles is 1. The van der Waals surface area contributed by atoms with Crippen LogP contribution in [0.1, 0.15) is 18.4 Å². The van der Waals surface area contributed by atoms with E-state index in [1.807, 2.05) is 30.3 Å². The normalized spacial score (nSPS) is 16.2. The van der Waals surface area contributed by atoms with E-state index in [1.165, 1.54) is 0 Å². The molecule has 0 amide bonds. The Morgan fingerprint density at radius 1 is 1.14 bits per heavy atom. The summed E-state index contributed by atoms with van der Waals surface area (Å²) in [5, 5.41) is 9.25. The summed E-state index contributed by atoms with van der Waals surface area (Å²) in [6, 6.07) is 18.1. The van der Waals surface area contributed by atoms with Crippen LogP contribution in [0.4, 0.5) is 11.4 Å². The van der Waals surface area contributed by atoms with Crippen LogP contribution in [-0.4, -0.2) is 12.4 Å². The van der Waals surface area contributed by atoms with Gasteiger partial charge in [-0.15, -0.1) is 0 Å². The average molecular weight is 340 g/mol. The topological polar surface area (TPSA) is 39.4 Å². The summed E-state index contributed by atoms with van der Waals surface area (Å²) in [7, 11) is 0. The third-order valence-electron chi connectivity index (χ3n) is 3.49. The van der Waals surface area contributed by atoms with Crippen LogP contribution in [0.3, 0.4) is 0 Å². The molecule has 0 unspecified atom stereocenters. The van der Waals surface area contributed by atoms with E-state index >= 15 is 0 Å². The molecule has 21 heavy (non-hydrogen) atoms. The molecule has 4 heteroatoms. The summed E-state index contributed by atoms with van der Waals surface area (Å²) in [4.78, 5) is 6.95.